The Hall–Kier alpha value is -2.54. The van der Waals surface area contributed by atoms with Crippen molar-refractivity contribution in [1.29, 1.82) is 0 Å². The molecule has 4 rings (SSSR count). The molecule has 0 saturated heterocycles. The minimum absolute atomic E-state index is 0.223. The Bertz CT molecular complexity index is 915. The van der Waals surface area contributed by atoms with Gasteiger partial charge in [-0.15, -0.1) is 11.3 Å². The first-order chi connectivity index (χ1) is 12.1. The molecule has 1 fully saturated rings. The number of nitrogens with zero attached hydrogens (tertiary/aromatic N) is 2. The Morgan fingerprint density at radius 2 is 2.20 bits per heavy atom. The van der Waals surface area contributed by atoms with Crippen molar-refractivity contribution >= 4 is 17.2 Å². The molecule has 1 amide bonds. The summed E-state index contributed by atoms with van der Waals surface area (Å²) in [4.78, 5) is 17.3. The maximum Gasteiger partial charge on any atom is 0.255 e. The Kier molecular flexibility index (Phi) is 4.09. The number of hydrogen-bond acceptors (Lipinski definition) is 4. The lowest BCUT2D eigenvalue weighted by Gasteiger charge is -2.12. The highest BCUT2D eigenvalue weighted by Gasteiger charge is 2.27. The van der Waals surface area contributed by atoms with E-state index in [-0.39, 0.29) is 11.9 Å². The first-order valence-electron chi connectivity index (χ1n) is 8.18. The van der Waals surface area contributed by atoms with Crippen molar-refractivity contribution in [3.05, 3.63) is 57.9 Å². The number of benzene rings is 1. The van der Waals surface area contributed by atoms with E-state index >= 15 is 0 Å². The molecule has 7 heteroatoms. The van der Waals surface area contributed by atoms with Crippen LogP contribution in [0.15, 0.2) is 35.8 Å². The van der Waals surface area contributed by atoms with Crippen LogP contribution in [0, 0.1) is 5.82 Å². The molecule has 0 aliphatic heterocycles. The molecule has 0 spiro atoms. The molecule has 0 bridgehead atoms. The van der Waals surface area contributed by atoms with Crippen LogP contribution in [-0.2, 0) is 0 Å². The van der Waals surface area contributed by atoms with Gasteiger partial charge in [0.25, 0.3) is 5.91 Å². The summed E-state index contributed by atoms with van der Waals surface area (Å²) in [7, 11) is 0. The minimum atomic E-state index is -0.401. The number of aromatic amines is 1. The van der Waals surface area contributed by atoms with Gasteiger partial charge in [-0.05, 0) is 31.9 Å². The number of hydrogen-bond donors (Lipinski definition) is 2. The largest absolute Gasteiger partial charge is 0.344 e. The number of H-pyrrole nitrogens is 1. The van der Waals surface area contributed by atoms with Crippen LogP contribution in [-0.4, -0.2) is 21.1 Å². The van der Waals surface area contributed by atoms with Crippen molar-refractivity contribution in [2.75, 3.05) is 0 Å². The van der Waals surface area contributed by atoms with Crippen molar-refractivity contribution in [2.45, 2.75) is 31.7 Å². The van der Waals surface area contributed by atoms with Crippen molar-refractivity contribution in [3.63, 3.8) is 0 Å². The summed E-state index contributed by atoms with van der Waals surface area (Å²) >= 11 is 1.64. The summed E-state index contributed by atoms with van der Waals surface area (Å²) in [5.41, 5.74) is 1.87. The smallest absolute Gasteiger partial charge is 0.255 e. The molecular formula is C18H17FN4OS. The van der Waals surface area contributed by atoms with Crippen LogP contribution in [0.3, 0.4) is 0 Å². The van der Waals surface area contributed by atoms with Crippen LogP contribution < -0.4 is 5.32 Å². The zero-order valence-corrected chi connectivity index (χ0v) is 14.4. The number of amides is 1. The number of carbonyl (C=O) groups is 1. The van der Waals surface area contributed by atoms with Crippen LogP contribution in [0.4, 0.5) is 4.39 Å². The second kappa shape index (κ2) is 6.40. The molecule has 2 heterocycles. The van der Waals surface area contributed by atoms with Gasteiger partial charge in [0.1, 0.15) is 5.82 Å². The number of aromatic nitrogens is 3. The molecule has 2 N–H and O–H groups in total. The first kappa shape index (κ1) is 16.0. The number of nitrogens with one attached hydrogen (secondary N) is 2. The molecule has 2 aromatic heterocycles. The van der Waals surface area contributed by atoms with E-state index in [4.69, 9.17) is 0 Å². The van der Waals surface area contributed by atoms with Crippen molar-refractivity contribution in [2.24, 2.45) is 0 Å². The average Bonchev–Trinajstić information content (AvgIpc) is 3.13. The summed E-state index contributed by atoms with van der Waals surface area (Å²) < 4.78 is 14.0. The van der Waals surface area contributed by atoms with Gasteiger partial charge in [0, 0.05) is 16.9 Å². The highest BCUT2D eigenvalue weighted by molar-refractivity contribution is 7.09. The van der Waals surface area contributed by atoms with Gasteiger partial charge in [0.15, 0.2) is 0 Å². The third-order valence-electron chi connectivity index (χ3n) is 4.28. The van der Waals surface area contributed by atoms with Crippen LogP contribution >= 0.6 is 11.3 Å². The van der Waals surface area contributed by atoms with Crippen molar-refractivity contribution in [3.8, 4) is 11.3 Å². The number of halogens is 1. The first-order valence-corrected chi connectivity index (χ1v) is 9.06. The third-order valence-corrected chi connectivity index (χ3v) is 5.31. The molecule has 0 radical (unpaired) electrons. The summed E-state index contributed by atoms with van der Waals surface area (Å²) in [6.45, 7) is 1.90. The highest BCUT2D eigenvalue weighted by Crippen LogP contribution is 2.41. The summed E-state index contributed by atoms with van der Waals surface area (Å²) in [5, 5.41) is 12.7. The molecule has 1 aliphatic carbocycles. The van der Waals surface area contributed by atoms with Gasteiger partial charge in [0.05, 0.1) is 34.2 Å². The van der Waals surface area contributed by atoms with E-state index in [2.05, 4.69) is 20.5 Å². The molecule has 25 heavy (non-hydrogen) atoms. The molecule has 128 valence electrons. The Morgan fingerprint density at radius 3 is 2.96 bits per heavy atom. The van der Waals surface area contributed by atoms with Gasteiger partial charge in [-0.25, -0.2) is 9.37 Å². The van der Waals surface area contributed by atoms with E-state index in [1.54, 1.807) is 29.5 Å². The maximum absolute atomic E-state index is 14.0. The fraction of sp³-hybridized carbons (Fsp3) is 0.278. The van der Waals surface area contributed by atoms with Gasteiger partial charge < -0.3 is 5.32 Å². The lowest BCUT2D eigenvalue weighted by Crippen LogP contribution is -2.27. The monoisotopic (exact) mass is 356 g/mol. The van der Waals surface area contributed by atoms with E-state index in [9.17, 15) is 9.18 Å². The lowest BCUT2D eigenvalue weighted by molar-refractivity contribution is 0.0940. The van der Waals surface area contributed by atoms with Crippen LogP contribution in [0.5, 0.6) is 0 Å². The van der Waals surface area contributed by atoms with E-state index < -0.39 is 5.82 Å². The Morgan fingerprint density at radius 1 is 1.40 bits per heavy atom. The molecule has 1 atom stereocenters. The van der Waals surface area contributed by atoms with Gasteiger partial charge in [-0.2, -0.15) is 5.10 Å². The van der Waals surface area contributed by atoms with Crippen LogP contribution in [0.2, 0.25) is 0 Å². The van der Waals surface area contributed by atoms with E-state index in [0.717, 1.165) is 10.7 Å². The second-order valence-corrected chi connectivity index (χ2v) is 7.11. The standard InChI is InChI=1S/C18H17FN4OS/c1-10(15-9-25-18(22-15)11-6-7-11)21-17(24)13-8-20-23-16(13)12-4-2-3-5-14(12)19/h2-5,8-11H,6-7H2,1H3,(H,20,23)(H,21,24). The SMILES string of the molecule is CC(NC(=O)c1cn[nH]c1-c1ccccc1F)c1csc(C2CC2)n1. The van der Waals surface area contributed by atoms with Gasteiger partial charge >= 0.3 is 0 Å². The molecule has 3 aromatic rings. The molecule has 1 saturated carbocycles. The normalized spacial score (nSPS) is 15.1. The fourth-order valence-electron chi connectivity index (χ4n) is 2.69. The van der Waals surface area contributed by atoms with Gasteiger partial charge in [0.2, 0.25) is 0 Å². The summed E-state index contributed by atoms with van der Waals surface area (Å²) in [6, 6.07) is 6.08. The molecule has 1 aliphatic rings. The minimum Gasteiger partial charge on any atom is -0.344 e. The molecular weight excluding hydrogens is 339 g/mol. The third kappa shape index (κ3) is 3.19. The van der Waals surface area contributed by atoms with Crippen LogP contribution in [0.1, 0.15) is 52.8 Å². The number of thiazole rings is 1. The maximum atomic E-state index is 14.0. The molecule has 5 nitrogen and oxygen atoms in total. The topological polar surface area (TPSA) is 70.7 Å². The molecule has 1 unspecified atom stereocenters. The Labute approximate surface area is 148 Å². The van der Waals surface area contributed by atoms with Crippen molar-refractivity contribution in [1.82, 2.24) is 20.5 Å². The fourth-order valence-corrected chi connectivity index (χ4v) is 3.78. The average molecular weight is 356 g/mol. The van der Waals surface area contributed by atoms with Crippen molar-refractivity contribution < 1.29 is 9.18 Å². The highest BCUT2D eigenvalue weighted by atomic mass is 32.1. The number of rotatable bonds is 5. The summed E-state index contributed by atoms with van der Waals surface area (Å²) in [6.07, 6.45) is 3.82. The summed E-state index contributed by atoms with van der Waals surface area (Å²) in [5.74, 6) is -0.105. The predicted octanol–water partition coefficient (Wildman–Crippen LogP) is 4.04. The van der Waals surface area contributed by atoms with E-state index in [1.165, 1.54) is 25.1 Å². The van der Waals surface area contributed by atoms with Crippen LogP contribution in [0.25, 0.3) is 11.3 Å². The lowest BCUT2D eigenvalue weighted by atomic mass is 10.1. The van der Waals surface area contributed by atoms with E-state index in [0.29, 0.717) is 22.7 Å². The second-order valence-electron chi connectivity index (χ2n) is 6.22. The zero-order valence-electron chi connectivity index (χ0n) is 13.6. The Balaban J connectivity index is 1.53. The quantitative estimate of drug-likeness (QED) is 0.725. The molecule has 1 aromatic carbocycles. The predicted molar refractivity (Wildman–Crippen MR) is 94.0 cm³/mol. The van der Waals surface area contributed by atoms with Gasteiger partial charge in [-0.3, -0.25) is 9.89 Å². The van der Waals surface area contributed by atoms with E-state index in [1.807, 2.05) is 12.3 Å². The van der Waals surface area contributed by atoms with Gasteiger partial charge in [-0.1, -0.05) is 12.1 Å². The number of carbonyl (C=O) groups excluding carboxylic acids is 1. The zero-order chi connectivity index (χ0) is 17.4.